The summed E-state index contributed by atoms with van der Waals surface area (Å²) in [7, 11) is 3.21. The molecule has 1 aliphatic rings. The number of nitrogens with zero attached hydrogens (tertiary/aromatic N) is 1. The van der Waals surface area contributed by atoms with Gasteiger partial charge in [-0.3, -0.25) is 9.59 Å². The first kappa shape index (κ1) is 24.0. The molecule has 30 heavy (non-hydrogen) atoms. The molecule has 0 spiro atoms. The number of hydrogen-bond donors (Lipinski definition) is 1. The summed E-state index contributed by atoms with van der Waals surface area (Å²) in [5.74, 6) is 0.961. The molecular formula is C22H26Cl2N2O4. The Hall–Kier alpha value is -2.28. The van der Waals surface area contributed by atoms with E-state index in [0.29, 0.717) is 48.1 Å². The zero-order valence-electron chi connectivity index (χ0n) is 17.1. The predicted octanol–water partition coefficient (Wildman–Crippen LogP) is 3.81. The number of nitrogens with one attached hydrogen (secondary N) is 1. The third kappa shape index (κ3) is 5.45. The van der Waals surface area contributed by atoms with E-state index in [0.717, 1.165) is 17.5 Å². The van der Waals surface area contributed by atoms with Crippen LogP contribution in [0.3, 0.4) is 0 Å². The minimum absolute atomic E-state index is 0. The summed E-state index contributed by atoms with van der Waals surface area (Å²) in [4.78, 5) is 26.3. The van der Waals surface area contributed by atoms with E-state index in [9.17, 15) is 9.59 Å². The number of para-hydroxylation sites is 1. The minimum atomic E-state index is -0.234. The van der Waals surface area contributed by atoms with Crippen molar-refractivity contribution < 1.29 is 19.1 Å². The number of methoxy groups -OCH3 is 2. The molecule has 0 saturated carbocycles. The highest BCUT2D eigenvalue weighted by atomic mass is 35.5. The fourth-order valence-electron chi connectivity index (χ4n) is 3.46. The number of aryl methyl sites for hydroxylation is 1. The van der Waals surface area contributed by atoms with Gasteiger partial charge in [0.2, 0.25) is 11.8 Å². The zero-order valence-corrected chi connectivity index (χ0v) is 18.6. The lowest BCUT2D eigenvalue weighted by molar-refractivity contribution is -0.126. The first-order chi connectivity index (χ1) is 14.0. The van der Waals surface area contributed by atoms with Crippen LogP contribution in [0, 0.1) is 0 Å². The molecule has 0 bridgehead atoms. The maximum atomic E-state index is 12.7. The average molecular weight is 453 g/mol. The van der Waals surface area contributed by atoms with Crippen LogP contribution in [0.5, 0.6) is 11.5 Å². The Bertz CT molecular complexity index is 905. The number of carbonyl (C=O) groups excluding carboxylic acids is 2. The highest BCUT2D eigenvalue weighted by Crippen LogP contribution is 2.35. The van der Waals surface area contributed by atoms with E-state index in [1.807, 2.05) is 30.3 Å². The molecule has 0 radical (unpaired) electrons. The van der Waals surface area contributed by atoms with Gasteiger partial charge in [0, 0.05) is 19.4 Å². The van der Waals surface area contributed by atoms with E-state index in [1.165, 1.54) is 4.90 Å². The summed E-state index contributed by atoms with van der Waals surface area (Å²) in [6.07, 6.45) is 1.95. The van der Waals surface area contributed by atoms with Crippen molar-refractivity contribution in [3.63, 3.8) is 0 Å². The lowest BCUT2D eigenvalue weighted by Gasteiger charge is -2.28. The SMILES string of the molecule is COc1ccc(CCNCCC(=O)N2C(=O)CCc3cccc(Cl)c32)cc1OC.Cl. The van der Waals surface area contributed by atoms with Crippen LogP contribution in [0.15, 0.2) is 36.4 Å². The van der Waals surface area contributed by atoms with Gasteiger partial charge in [-0.2, -0.15) is 0 Å². The van der Waals surface area contributed by atoms with Crippen molar-refractivity contribution in [3.05, 3.63) is 52.5 Å². The number of ether oxygens (including phenoxy) is 2. The first-order valence-electron chi connectivity index (χ1n) is 9.60. The fraction of sp³-hybridized carbons (Fsp3) is 0.364. The van der Waals surface area contributed by atoms with Crippen LogP contribution in [0.25, 0.3) is 0 Å². The van der Waals surface area contributed by atoms with Gasteiger partial charge in [-0.15, -0.1) is 12.4 Å². The highest BCUT2D eigenvalue weighted by Gasteiger charge is 2.30. The summed E-state index contributed by atoms with van der Waals surface area (Å²) in [6.45, 7) is 1.18. The zero-order chi connectivity index (χ0) is 20.8. The lowest BCUT2D eigenvalue weighted by atomic mass is 10.0. The van der Waals surface area contributed by atoms with Crippen LogP contribution in [-0.4, -0.2) is 39.1 Å². The second-order valence-electron chi connectivity index (χ2n) is 6.81. The van der Waals surface area contributed by atoms with Gasteiger partial charge in [-0.1, -0.05) is 29.8 Å². The largest absolute Gasteiger partial charge is 0.493 e. The molecule has 1 aliphatic heterocycles. The third-order valence-corrected chi connectivity index (χ3v) is 5.26. The number of fused-ring (bicyclic) bond motifs is 1. The van der Waals surface area contributed by atoms with Crippen molar-refractivity contribution in [1.82, 2.24) is 5.32 Å². The van der Waals surface area contributed by atoms with Crippen LogP contribution in [0.1, 0.15) is 24.0 Å². The number of benzene rings is 2. The number of halogens is 2. The Morgan fingerprint density at radius 1 is 1.10 bits per heavy atom. The van der Waals surface area contributed by atoms with Crippen molar-refractivity contribution in [3.8, 4) is 11.5 Å². The Balaban J connectivity index is 0.00000320. The van der Waals surface area contributed by atoms with Crippen LogP contribution in [0.2, 0.25) is 5.02 Å². The van der Waals surface area contributed by atoms with E-state index >= 15 is 0 Å². The smallest absolute Gasteiger partial charge is 0.235 e. The Morgan fingerprint density at radius 2 is 1.87 bits per heavy atom. The highest BCUT2D eigenvalue weighted by molar-refractivity contribution is 6.35. The van der Waals surface area contributed by atoms with Crippen LogP contribution >= 0.6 is 24.0 Å². The van der Waals surface area contributed by atoms with E-state index in [2.05, 4.69) is 5.32 Å². The average Bonchev–Trinajstić information content (AvgIpc) is 2.73. The topological polar surface area (TPSA) is 67.9 Å². The van der Waals surface area contributed by atoms with E-state index < -0.39 is 0 Å². The maximum absolute atomic E-state index is 12.7. The Kier molecular flexibility index (Phi) is 8.96. The minimum Gasteiger partial charge on any atom is -0.493 e. The molecule has 3 rings (SSSR count). The van der Waals surface area contributed by atoms with Crippen LogP contribution in [0.4, 0.5) is 5.69 Å². The molecule has 0 unspecified atom stereocenters. The standard InChI is InChI=1S/C22H25ClN2O4.ClH/c1-28-18-8-6-15(14-19(18)29-2)10-12-24-13-11-21(27)25-20(26)9-7-16-4-3-5-17(23)22(16)25;/h3-6,8,14,24H,7,9-13H2,1-2H3;1H. The fourth-order valence-corrected chi connectivity index (χ4v) is 3.73. The van der Waals surface area contributed by atoms with Crippen LogP contribution in [-0.2, 0) is 22.4 Å². The first-order valence-corrected chi connectivity index (χ1v) is 9.97. The van der Waals surface area contributed by atoms with Crippen molar-refractivity contribution >= 4 is 41.5 Å². The van der Waals surface area contributed by atoms with E-state index in [-0.39, 0.29) is 30.6 Å². The number of hydrogen-bond acceptors (Lipinski definition) is 5. The molecule has 2 amide bonds. The summed E-state index contributed by atoms with van der Waals surface area (Å²) >= 11 is 6.26. The van der Waals surface area contributed by atoms with Gasteiger partial charge in [0.1, 0.15) is 0 Å². The summed E-state index contributed by atoms with van der Waals surface area (Å²) in [5.41, 5.74) is 2.58. The van der Waals surface area contributed by atoms with Crippen LogP contribution < -0.4 is 19.7 Å². The Morgan fingerprint density at radius 3 is 2.60 bits per heavy atom. The summed E-state index contributed by atoms with van der Waals surface area (Å²) < 4.78 is 10.6. The molecule has 6 nitrogen and oxygen atoms in total. The number of rotatable bonds is 8. The lowest BCUT2D eigenvalue weighted by Crippen LogP contribution is -2.41. The molecule has 0 fully saturated rings. The normalized spacial score (nSPS) is 12.8. The molecule has 1 heterocycles. The molecule has 0 aliphatic carbocycles. The van der Waals surface area contributed by atoms with E-state index in [4.69, 9.17) is 21.1 Å². The molecule has 0 atom stereocenters. The van der Waals surface area contributed by atoms with Gasteiger partial charge >= 0.3 is 0 Å². The van der Waals surface area contributed by atoms with Gasteiger partial charge in [-0.25, -0.2) is 4.90 Å². The van der Waals surface area contributed by atoms with Gasteiger partial charge in [0.05, 0.1) is 24.9 Å². The van der Waals surface area contributed by atoms with Gasteiger partial charge in [0.25, 0.3) is 0 Å². The van der Waals surface area contributed by atoms with Crippen molar-refractivity contribution in [1.29, 1.82) is 0 Å². The molecule has 2 aromatic carbocycles. The second-order valence-corrected chi connectivity index (χ2v) is 7.22. The molecular weight excluding hydrogens is 427 g/mol. The third-order valence-electron chi connectivity index (χ3n) is 4.96. The number of amides is 2. The molecule has 0 aromatic heterocycles. The second kappa shape index (κ2) is 11.2. The quantitative estimate of drug-likeness (QED) is 0.616. The molecule has 8 heteroatoms. The number of imide groups is 1. The maximum Gasteiger partial charge on any atom is 0.235 e. The monoisotopic (exact) mass is 452 g/mol. The van der Waals surface area contributed by atoms with Gasteiger partial charge in [-0.05, 0) is 48.7 Å². The summed E-state index contributed by atoms with van der Waals surface area (Å²) in [6, 6.07) is 11.3. The molecule has 162 valence electrons. The Labute approximate surface area is 187 Å². The van der Waals surface area contributed by atoms with Gasteiger partial charge in [0.15, 0.2) is 11.5 Å². The summed E-state index contributed by atoms with van der Waals surface area (Å²) in [5, 5.41) is 3.69. The molecule has 0 saturated heterocycles. The van der Waals surface area contributed by atoms with Crippen molar-refractivity contribution in [2.45, 2.75) is 25.7 Å². The predicted molar refractivity (Wildman–Crippen MR) is 120 cm³/mol. The van der Waals surface area contributed by atoms with Crippen molar-refractivity contribution in [2.75, 3.05) is 32.2 Å². The molecule has 1 N–H and O–H groups in total. The van der Waals surface area contributed by atoms with Gasteiger partial charge < -0.3 is 14.8 Å². The van der Waals surface area contributed by atoms with Crippen molar-refractivity contribution in [2.24, 2.45) is 0 Å². The molecule has 2 aromatic rings. The number of carbonyl (C=O) groups is 2. The number of anilines is 1. The van der Waals surface area contributed by atoms with E-state index in [1.54, 1.807) is 20.3 Å².